The number of aryl methyl sites for hydroxylation is 1. The van der Waals surface area contributed by atoms with Gasteiger partial charge in [0.1, 0.15) is 11.6 Å². The molecule has 0 amide bonds. The fourth-order valence-electron chi connectivity index (χ4n) is 1.72. The minimum Gasteiger partial charge on any atom is -0.478 e. The molecule has 5 heteroatoms. The van der Waals surface area contributed by atoms with Crippen LogP contribution in [0.3, 0.4) is 0 Å². The van der Waals surface area contributed by atoms with E-state index >= 15 is 0 Å². The van der Waals surface area contributed by atoms with Crippen LogP contribution in [0.1, 0.15) is 11.1 Å². The van der Waals surface area contributed by atoms with Crippen molar-refractivity contribution in [2.45, 2.75) is 6.92 Å². The zero-order valence-corrected chi connectivity index (χ0v) is 11.1. The van der Waals surface area contributed by atoms with Crippen LogP contribution in [0.25, 0.3) is 6.08 Å². The summed E-state index contributed by atoms with van der Waals surface area (Å²) < 4.78 is 32.3. The number of halogens is 2. The molecular weight excluding hydrogens is 278 g/mol. The Bertz CT molecular complexity index is 709. The molecule has 0 spiro atoms. The Labute approximate surface area is 120 Å². The van der Waals surface area contributed by atoms with E-state index in [1.807, 2.05) is 0 Å². The summed E-state index contributed by atoms with van der Waals surface area (Å²) in [5, 5.41) is 8.51. The largest absolute Gasteiger partial charge is 0.478 e. The molecule has 0 radical (unpaired) electrons. The van der Waals surface area contributed by atoms with Gasteiger partial charge >= 0.3 is 5.97 Å². The van der Waals surface area contributed by atoms with Crippen LogP contribution in [0.2, 0.25) is 0 Å². The van der Waals surface area contributed by atoms with Crippen molar-refractivity contribution in [3.63, 3.8) is 0 Å². The Morgan fingerprint density at radius 1 is 1.14 bits per heavy atom. The molecule has 0 aliphatic rings. The van der Waals surface area contributed by atoms with Gasteiger partial charge in [0.25, 0.3) is 0 Å². The van der Waals surface area contributed by atoms with Crippen LogP contribution < -0.4 is 4.74 Å². The highest BCUT2D eigenvalue weighted by Gasteiger charge is 2.08. The van der Waals surface area contributed by atoms with Crippen LogP contribution in [0.15, 0.2) is 42.5 Å². The van der Waals surface area contributed by atoms with Gasteiger partial charge in [-0.3, -0.25) is 0 Å². The molecule has 0 aliphatic carbocycles. The number of hydrogen-bond acceptors (Lipinski definition) is 2. The van der Waals surface area contributed by atoms with Crippen molar-refractivity contribution in [1.82, 2.24) is 0 Å². The molecule has 0 saturated heterocycles. The van der Waals surface area contributed by atoms with Gasteiger partial charge in [0.15, 0.2) is 11.6 Å². The van der Waals surface area contributed by atoms with Gasteiger partial charge in [-0.25, -0.2) is 13.6 Å². The van der Waals surface area contributed by atoms with E-state index in [9.17, 15) is 13.6 Å². The van der Waals surface area contributed by atoms with E-state index in [1.54, 1.807) is 6.92 Å². The maximum atomic E-state index is 13.9. The predicted octanol–water partition coefficient (Wildman–Crippen LogP) is 4.16. The molecule has 2 rings (SSSR count). The monoisotopic (exact) mass is 290 g/mol. The molecular formula is C16H12F2O3. The Morgan fingerprint density at radius 2 is 1.86 bits per heavy atom. The van der Waals surface area contributed by atoms with Gasteiger partial charge in [0.05, 0.1) is 0 Å². The second kappa shape index (κ2) is 6.17. The molecule has 0 aliphatic heterocycles. The van der Waals surface area contributed by atoms with Crippen molar-refractivity contribution in [3.05, 3.63) is 65.2 Å². The molecule has 2 aromatic carbocycles. The third-order valence-electron chi connectivity index (χ3n) is 2.73. The maximum Gasteiger partial charge on any atom is 0.328 e. The van der Waals surface area contributed by atoms with Crippen LogP contribution in [0.4, 0.5) is 8.78 Å². The average Bonchev–Trinajstić information content (AvgIpc) is 2.42. The number of aliphatic carboxylic acids is 1. The Morgan fingerprint density at radius 3 is 2.48 bits per heavy atom. The lowest BCUT2D eigenvalue weighted by molar-refractivity contribution is -0.131. The summed E-state index contributed by atoms with van der Waals surface area (Å²) >= 11 is 0. The molecule has 1 N–H and O–H groups in total. The van der Waals surface area contributed by atoms with Crippen LogP contribution in [-0.4, -0.2) is 11.1 Å². The Balaban J connectivity index is 2.23. The number of rotatable bonds is 4. The van der Waals surface area contributed by atoms with Gasteiger partial charge in [-0.2, -0.15) is 0 Å². The van der Waals surface area contributed by atoms with Gasteiger partial charge < -0.3 is 9.84 Å². The summed E-state index contributed by atoms with van der Waals surface area (Å²) in [6.07, 6.45) is 2.19. The predicted molar refractivity (Wildman–Crippen MR) is 74.3 cm³/mol. The first-order valence-electron chi connectivity index (χ1n) is 6.10. The van der Waals surface area contributed by atoms with Crippen LogP contribution >= 0.6 is 0 Å². The number of carboxylic acid groups (broad SMARTS) is 1. The molecule has 0 aromatic heterocycles. The number of carbonyl (C=O) groups is 1. The lowest BCUT2D eigenvalue weighted by Gasteiger charge is -2.09. The van der Waals surface area contributed by atoms with E-state index in [0.717, 1.165) is 12.1 Å². The third-order valence-corrected chi connectivity index (χ3v) is 2.73. The van der Waals surface area contributed by atoms with Gasteiger partial charge in [-0.1, -0.05) is 6.07 Å². The summed E-state index contributed by atoms with van der Waals surface area (Å²) in [5.41, 5.74) is 0.947. The SMILES string of the molecule is Cc1cc(F)ccc1Oc1ccc(/C=C/C(=O)O)cc1F. The molecule has 108 valence electrons. The second-order valence-corrected chi connectivity index (χ2v) is 4.37. The summed E-state index contributed by atoms with van der Waals surface area (Å²) in [5.74, 6) is -1.81. The van der Waals surface area contributed by atoms with E-state index < -0.39 is 17.6 Å². The van der Waals surface area contributed by atoms with E-state index in [0.29, 0.717) is 16.9 Å². The highest BCUT2D eigenvalue weighted by atomic mass is 19.1. The molecule has 2 aromatic rings. The molecule has 0 unspecified atom stereocenters. The van der Waals surface area contributed by atoms with Gasteiger partial charge in [0.2, 0.25) is 0 Å². The number of benzene rings is 2. The first kappa shape index (κ1) is 14.7. The zero-order chi connectivity index (χ0) is 15.4. The molecule has 3 nitrogen and oxygen atoms in total. The van der Waals surface area contributed by atoms with Gasteiger partial charge in [-0.05, 0) is 54.5 Å². The quantitative estimate of drug-likeness (QED) is 0.860. The molecule has 0 saturated carbocycles. The minimum absolute atomic E-state index is 0.0165. The zero-order valence-electron chi connectivity index (χ0n) is 11.1. The molecule has 21 heavy (non-hydrogen) atoms. The average molecular weight is 290 g/mol. The smallest absolute Gasteiger partial charge is 0.328 e. The maximum absolute atomic E-state index is 13.9. The fraction of sp³-hybridized carbons (Fsp3) is 0.0625. The summed E-state index contributed by atoms with van der Waals surface area (Å²) in [7, 11) is 0. The van der Waals surface area contributed by atoms with Crippen molar-refractivity contribution in [1.29, 1.82) is 0 Å². The molecule has 0 atom stereocenters. The highest BCUT2D eigenvalue weighted by Crippen LogP contribution is 2.28. The van der Waals surface area contributed by atoms with Crippen LogP contribution in [0.5, 0.6) is 11.5 Å². The van der Waals surface area contributed by atoms with Crippen LogP contribution in [0, 0.1) is 18.6 Å². The summed E-state index contributed by atoms with van der Waals surface area (Å²) in [6, 6.07) is 8.01. The first-order chi connectivity index (χ1) is 9.95. The van der Waals surface area contributed by atoms with Crippen LogP contribution in [-0.2, 0) is 4.79 Å². The molecule has 0 heterocycles. The van der Waals surface area contributed by atoms with E-state index in [4.69, 9.17) is 9.84 Å². The highest BCUT2D eigenvalue weighted by molar-refractivity contribution is 5.85. The van der Waals surface area contributed by atoms with Crippen molar-refractivity contribution >= 4 is 12.0 Å². The van der Waals surface area contributed by atoms with E-state index in [1.165, 1.54) is 36.4 Å². The van der Waals surface area contributed by atoms with E-state index in [-0.39, 0.29) is 5.75 Å². The normalized spacial score (nSPS) is 10.8. The number of hydrogen-bond donors (Lipinski definition) is 1. The lowest BCUT2D eigenvalue weighted by Crippen LogP contribution is -1.92. The molecule has 0 fully saturated rings. The van der Waals surface area contributed by atoms with Gasteiger partial charge in [0, 0.05) is 6.08 Å². The summed E-state index contributed by atoms with van der Waals surface area (Å²) in [6.45, 7) is 1.65. The van der Waals surface area contributed by atoms with Crippen molar-refractivity contribution in [2.75, 3.05) is 0 Å². The molecule has 0 bridgehead atoms. The third kappa shape index (κ3) is 3.89. The standard InChI is InChI=1S/C16H12F2O3/c1-10-8-12(17)4-6-14(10)21-15-5-2-11(9-13(15)18)3-7-16(19)20/h2-9H,1H3,(H,19,20)/b7-3+. The van der Waals surface area contributed by atoms with E-state index in [2.05, 4.69) is 0 Å². The van der Waals surface area contributed by atoms with Crippen molar-refractivity contribution in [3.8, 4) is 11.5 Å². The Kier molecular flexibility index (Phi) is 4.33. The summed E-state index contributed by atoms with van der Waals surface area (Å²) in [4.78, 5) is 10.4. The lowest BCUT2D eigenvalue weighted by atomic mass is 10.2. The number of ether oxygens (including phenoxy) is 1. The Hall–Kier alpha value is -2.69. The minimum atomic E-state index is -1.11. The van der Waals surface area contributed by atoms with Crippen molar-refractivity contribution < 1.29 is 23.4 Å². The van der Waals surface area contributed by atoms with Crippen molar-refractivity contribution in [2.24, 2.45) is 0 Å². The second-order valence-electron chi connectivity index (χ2n) is 4.37. The van der Waals surface area contributed by atoms with Gasteiger partial charge in [-0.15, -0.1) is 0 Å². The fourth-order valence-corrected chi connectivity index (χ4v) is 1.72. The first-order valence-corrected chi connectivity index (χ1v) is 6.10. The number of carboxylic acids is 1. The topological polar surface area (TPSA) is 46.5 Å².